The van der Waals surface area contributed by atoms with Gasteiger partial charge < -0.3 is 4.74 Å². The molecule has 0 bridgehead atoms. The zero-order chi connectivity index (χ0) is 12.1. The molecule has 0 unspecified atom stereocenters. The maximum atomic E-state index is 5.42. The summed E-state index contributed by atoms with van der Waals surface area (Å²) in [6.45, 7) is 9.90. The summed E-state index contributed by atoms with van der Waals surface area (Å²) in [6, 6.07) is 2.22. The summed E-state index contributed by atoms with van der Waals surface area (Å²) in [5.41, 5.74) is 1.44. The van der Waals surface area contributed by atoms with E-state index in [2.05, 4.69) is 30.2 Å². The summed E-state index contributed by atoms with van der Waals surface area (Å²) in [5.74, 6) is 0.837. The third kappa shape index (κ3) is 3.80. The molecule has 1 aliphatic rings. The molecule has 96 valence electrons. The van der Waals surface area contributed by atoms with Crippen molar-refractivity contribution in [3.05, 3.63) is 21.9 Å². The zero-order valence-corrected chi connectivity index (χ0v) is 11.8. The fraction of sp³-hybridized carbons (Fsp3) is 0.714. The van der Waals surface area contributed by atoms with Crippen LogP contribution in [0.15, 0.2) is 11.4 Å². The zero-order valence-electron chi connectivity index (χ0n) is 10.9. The first-order chi connectivity index (χ1) is 8.29. The van der Waals surface area contributed by atoms with E-state index in [4.69, 9.17) is 4.74 Å². The van der Waals surface area contributed by atoms with Crippen molar-refractivity contribution in [2.75, 3.05) is 26.3 Å². The predicted molar refractivity (Wildman–Crippen MR) is 73.6 cm³/mol. The van der Waals surface area contributed by atoms with Crippen molar-refractivity contribution in [3.63, 3.8) is 0 Å². The minimum atomic E-state index is 0.837. The third-order valence-corrected chi connectivity index (χ3v) is 4.65. The van der Waals surface area contributed by atoms with Crippen molar-refractivity contribution >= 4 is 11.3 Å². The highest BCUT2D eigenvalue weighted by Gasteiger charge is 2.17. The van der Waals surface area contributed by atoms with E-state index >= 15 is 0 Å². The average molecular weight is 253 g/mol. The molecule has 3 heteroatoms. The molecule has 0 aromatic carbocycles. The van der Waals surface area contributed by atoms with Gasteiger partial charge in [-0.25, -0.2) is 0 Å². The van der Waals surface area contributed by atoms with Crippen LogP contribution in [0.4, 0.5) is 0 Å². The molecule has 0 atom stereocenters. The molecular formula is C14H23NOS. The number of aryl methyl sites for hydroxylation is 1. The third-order valence-electron chi connectivity index (χ3n) is 3.64. The van der Waals surface area contributed by atoms with E-state index in [0.29, 0.717) is 0 Å². The Labute approximate surface area is 109 Å². The Kier molecular flexibility index (Phi) is 5.01. The number of thiophene rings is 1. The number of rotatable bonds is 5. The summed E-state index contributed by atoms with van der Waals surface area (Å²) in [7, 11) is 0. The highest BCUT2D eigenvalue weighted by molar-refractivity contribution is 7.10. The Bertz CT molecular complexity index is 331. The van der Waals surface area contributed by atoms with Crippen molar-refractivity contribution in [3.8, 4) is 0 Å². The van der Waals surface area contributed by atoms with Gasteiger partial charge in [0.15, 0.2) is 0 Å². The first kappa shape index (κ1) is 13.1. The fourth-order valence-electron chi connectivity index (χ4n) is 2.37. The van der Waals surface area contributed by atoms with Gasteiger partial charge in [-0.1, -0.05) is 6.92 Å². The second-order valence-electron chi connectivity index (χ2n) is 4.91. The lowest BCUT2D eigenvalue weighted by Crippen LogP contribution is -2.32. The van der Waals surface area contributed by atoms with Crippen LogP contribution in [0.5, 0.6) is 0 Å². The van der Waals surface area contributed by atoms with Crippen LogP contribution in [0.2, 0.25) is 0 Å². The van der Waals surface area contributed by atoms with Gasteiger partial charge in [0.1, 0.15) is 0 Å². The van der Waals surface area contributed by atoms with E-state index in [1.807, 2.05) is 11.3 Å². The maximum Gasteiger partial charge on any atom is 0.0469 e. The molecule has 1 saturated heterocycles. The molecule has 2 heterocycles. The van der Waals surface area contributed by atoms with Crippen molar-refractivity contribution in [1.29, 1.82) is 0 Å². The maximum absolute atomic E-state index is 5.42. The average Bonchev–Trinajstić information content (AvgIpc) is 2.75. The Morgan fingerprint density at radius 2 is 2.18 bits per heavy atom. The van der Waals surface area contributed by atoms with Gasteiger partial charge in [-0.3, -0.25) is 4.90 Å². The number of nitrogens with zero attached hydrogens (tertiary/aromatic N) is 1. The van der Waals surface area contributed by atoms with Gasteiger partial charge in [0, 0.05) is 31.2 Å². The van der Waals surface area contributed by atoms with Gasteiger partial charge in [-0.05, 0) is 49.2 Å². The van der Waals surface area contributed by atoms with Crippen LogP contribution in [0.25, 0.3) is 0 Å². The smallest absolute Gasteiger partial charge is 0.0469 e. The summed E-state index contributed by atoms with van der Waals surface area (Å²) in [5, 5.41) is 2.20. The lowest BCUT2D eigenvalue weighted by Gasteiger charge is -2.28. The van der Waals surface area contributed by atoms with Gasteiger partial charge in [-0.2, -0.15) is 0 Å². The normalized spacial score (nSPS) is 17.8. The van der Waals surface area contributed by atoms with Gasteiger partial charge in [-0.15, -0.1) is 11.3 Å². The molecular weight excluding hydrogens is 230 g/mol. The van der Waals surface area contributed by atoms with E-state index < -0.39 is 0 Å². The Balaban J connectivity index is 1.85. The molecule has 0 radical (unpaired) electrons. The SMILES string of the molecule is CCN(Cc1sccc1C)CC1CCOCC1. The second-order valence-corrected chi connectivity index (χ2v) is 5.91. The molecule has 0 amide bonds. The summed E-state index contributed by atoms with van der Waals surface area (Å²) >= 11 is 1.89. The standard InChI is InChI=1S/C14H23NOS/c1-3-15(10-13-4-7-16-8-5-13)11-14-12(2)6-9-17-14/h6,9,13H,3-5,7-8,10-11H2,1-2H3. The Morgan fingerprint density at radius 1 is 1.41 bits per heavy atom. The topological polar surface area (TPSA) is 12.5 Å². The quantitative estimate of drug-likeness (QED) is 0.798. The Morgan fingerprint density at radius 3 is 2.76 bits per heavy atom. The van der Waals surface area contributed by atoms with Crippen molar-refractivity contribution < 1.29 is 4.74 Å². The number of hydrogen-bond acceptors (Lipinski definition) is 3. The molecule has 2 rings (SSSR count). The highest BCUT2D eigenvalue weighted by atomic mass is 32.1. The summed E-state index contributed by atoms with van der Waals surface area (Å²) in [4.78, 5) is 4.10. The summed E-state index contributed by atoms with van der Waals surface area (Å²) < 4.78 is 5.42. The molecule has 0 spiro atoms. The first-order valence-corrected chi connectivity index (χ1v) is 7.50. The van der Waals surface area contributed by atoms with Crippen LogP contribution in [-0.2, 0) is 11.3 Å². The van der Waals surface area contributed by atoms with E-state index in [9.17, 15) is 0 Å². The monoisotopic (exact) mass is 253 g/mol. The van der Waals surface area contributed by atoms with Crippen LogP contribution in [0.1, 0.15) is 30.2 Å². The van der Waals surface area contributed by atoms with Crippen LogP contribution in [-0.4, -0.2) is 31.2 Å². The molecule has 1 aliphatic heterocycles. The predicted octanol–water partition coefficient (Wildman–Crippen LogP) is 3.31. The van der Waals surface area contributed by atoms with Crippen LogP contribution < -0.4 is 0 Å². The molecule has 0 aliphatic carbocycles. The molecule has 1 aromatic heterocycles. The molecule has 0 N–H and O–H groups in total. The van der Waals surface area contributed by atoms with Crippen molar-refractivity contribution in [2.24, 2.45) is 5.92 Å². The molecule has 2 nitrogen and oxygen atoms in total. The van der Waals surface area contributed by atoms with Crippen LogP contribution in [0, 0.1) is 12.8 Å². The lowest BCUT2D eigenvalue weighted by molar-refractivity contribution is 0.0523. The van der Waals surface area contributed by atoms with Gasteiger partial charge in [0.2, 0.25) is 0 Å². The largest absolute Gasteiger partial charge is 0.381 e. The minimum absolute atomic E-state index is 0.837. The Hall–Kier alpha value is -0.380. The van der Waals surface area contributed by atoms with Crippen molar-refractivity contribution in [2.45, 2.75) is 33.2 Å². The molecule has 17 heavy (non-hydrogen) atoms. The number of ether oxygens (including phenoxy) is 1. The highest BCUT2D eigenvalue weighted by Crippen LogP contribution is 2.21. The lowest BCUT2D eigenvalue weighted by atomic mass is 9.99. The first-order valence-electron chi connectivity index (χ1n) is 6.62. The van der Waals surface area contributed by atoms with Gasteiger partial charge >= 0.3 is 0 Å². The fourth-order valence-corrected chi connectivity index (χ4v) is 3.32. The van der Waals surface area contributed by atoms with Crippen LogP contribution in [0.3, 0.4) is 0 Å². The van der Waals surface area contributed by atoms with E-state index in [1.165, 1.54) is 29.8 Å². The van der Waals surface area contributed by atoms with Gasteiger partial charge in [0.05, 0.1) is 0 Å². The van der Waals surface area contributed by atoms with E-state index in [-0.39, 0.29) is 0 Å². The minimum Gasteiger partial charge on any atom is -0.381 e. The van der Waals surface area contributed by atoms with Crippen molar-refractivity contribution in [1.82, 2.24) is 4.90 Å². The van der Waals surface area contributed by atoms with Gasteiger partial charge in [0.25, 0.3) is 0 Å². The molecule has 1 fully saturated rings. The van der Waals surface area contributed by atoms with E-state index in [0.717, 1.165) is 32.2 Å². The number of hydrogen-bond donors (Lipinski definition) is 0. The summed E-state index contributed by atoms with van der Waals surface area (Å²) in [6.07, 6.45) is 2.47. The van der Waals surface area contributed by atoms with Crippen LogP contribution >= 0.6 is 11.3 Å². The second kappa shape index (κ2) is 6.53. The molecule has 1 aromatic rings. The van der Waals surface area contributed by atoms with E-state index in [1.54, 1.807) is 0 Å². The molecule has 0 saturated carbocycles.